The summed E-state index contributed by atoms with van der Waals surface area (Å²) in [4.78, 5) is 13.4. The van der Waals surface area contributed by atoms with Gasteiger partial charge in [-0.15, -0.1) is 11.3 Å². The van der Waals surface area contributed by atoms with Gasteiger partial charge in [0.25, 0.3) is 0 Å². The van der Waals surface area contributed by atoms with Crippen molar-refractivity contribution in [2.45, 2.75) is 11.8 Å². The first-order valence-corrected chi connectivity index (χ1v) is 12.0. The number of rotatable bonds is 6. The maximum Gasteiger partial charge on any atom is 0.135 e. The summed E-state index contributed by atoms with van der Waals surface area (Å²) < 4.78 is 16.2. The Labute approximate surface area is 177 Å². The van der Waals surface area contributed by atoms with Crippen LogP contribution in [0, 0.1) is 6.92 Å². The first-order chi connectivity index (χ1) is 13.9. The predicted octanol–water partition coefficient (Wildman–Crippen LogP) is 4.12. The molecular weight excluding hydrogens is 424 g/mol. The number of anilines is 4. The van der Waals surface area contributed by atoms with Crippen molar-refractivity contribution in [2.75, 3.05) is 17.7 Å². The average molecular weight is 443 g/mol. The van der Waals surface area contributed by atoms with E-state index in [1.54, 1.807) is 30.5 Å². The summed E-state index contributed by atoms with van der Waals surface area (Å²) in [5, 5.41) is 6.55. The van der Waals surface area contributed by atoms with Crippen molar-refractivity contribution in [3.63, 3.8) is 0 Å². The highest BCUT2D eigenvalue weighted by molar-refractivity contribution is 8.31. The molecule has 1 unspecified atom stereocenters. The number of hydrogen-bond acceptors (Lipinski definition) is 8. The fourth-order valence-electron chi connectivity index (χ4n) is 2.73. The zero-order valence-corrected chi connectivity index (χ0v) is 18.1. The first-order valence-electron chi connectivity index (χ1n) is 8.68. The zero-order valence-electron chi connectivity index (χ0n) is 15.7. The fraction of sp³-hybridized carbons (Fsp3) is 0.105. The van der Waals surface area contributed by atoms with Crippen LogP contribution in [-0.2, 0) is 19.9 Å². The molecule has 7 nitrogen and oxygen atoms in total. The van der Waals surface area contributed by atoms with Crippen molar-refractivity contribution < 1.29 is 4.21 Å². The minimum absolute atomic E-state index is 0.549. The molecule has 3 N–H and O–H groups in total. The van der Waals surface area contributed by atoms with Crippen LogP contribution in [0.5, 0.6) is 0 Å². The standard InChI is InChI=1S/C19H18N6OS3/c1-12-3-5-14(29(26,27)20-2)8-16(12)25-19-9-18(21-10-22-19)24-13-4-6-15-17(7-13)28-11-23-15/h3-11,20H,1-2H3,(H2,21,22,24,25). The van der Waals surface area contributed by atoms with E-state index in [-0.39, 0.29) is 0 Å². The van der Waals surface area contributed by atoms with E-state index in [0.29, 0.717) is 16.5 Å². The smallest absolute Gasteiger partial charge is 0.135 e. The molecule has 0 bridgehead atoms. The fourth-order valence-corrected chi connectivity index (χ4v) is 4.52. The molecule has 2 aromatic heterocycles. The van der Waals surface area contributed by atoms with Crippen LogP contribution < -0.4 is 15.4 Å². The summed E-state index contributed by atoms with van der Waals surface area (Å²) in [6.07, 6.45) is 1.49. The largest absolute Gasteiger partial charge is 0.340 e. The number of benzene rings is 2. The van der Waals surface area contributed by atoms with E-state index in [2.05, 4.69) is 30.3 Å². The molecule has 148 valence electrons. The molecule has 0 aliphatic rings. The van der Waals surface area contributed by atoms with Gasteiger partial charge in [-0.3, -0.25) is 0 Å². The molecule has 4 rings (SSSR count). The monoisotopic (exact) mass is 442 g/mol. The molecule has 10 heteroatoms. The normalized spacial score (nSPS) is 13.2. The lowest BCUT2D eigenvalue weighted by molar-refractivity contribution is 0.676. The number of hydrogen-bond donors (Lipinski definition) is 3. The first kappa shape index (κ1) is 19.6. The topological polar surface area (TPSA) is 91.8 Å². The summed E-state index contributed by atoms with van der Waals surface area (Å²) >= 11 is 6.74. The van der Waals surface area contributed by atoms with E-state index in [1.807, 2.05) is 42.8 Å². The number of nitrogens with one attached hydrogen (secondary N) is 3. The second-order valence-electron chi connectivity index (χ2n) is 6.26. The minimum Gasteiger partial charge on any atom is -0.340 e. The molecule has 29 heavy (non-hydrogen) atoms. The van der Waals surface area contributed by atoms with E-state index >= 15 is 0 Å². The number of thiazole rings is 1. The Morgan fingerprint density at radius 1 is 1.00 bits per heavy atom. The molecule has 4 aromatic rings. The number of aryl methyl sites for hydroxylation is 1. The average Bonchev–Trinajstić information content (AvgIpc) is 3.18. The van der Waals surface area contributed by atoms with Crippen LogP contribution in [0.1, 0.15) is 5.56 Å². The molecule has 0 saturated carbocycles. The van der Waals surface area contributed by atoms with E-state index in [4.69, 9.17) is 11.2 Å². The van der Waals surface area contributed by atoms with Crippen LogP contribution in [0.25, 0.3) is 10.2 Å². The number of nitrogens with zero attached hydrogens (tertiary/aromatic N) is 3. The zero-order chi connectivity index (χ0) is 20.4. The van der Waals surface area contributed by atoms with Gasteiger partial charge in [-0.2, -0.15) is 0 Å². The second kappa shape index (κ2) is 7.99. The predicted molar refractivity (Wildman–Crippen MR) is 122 cm³/mol. The van der Waals surface area contributed by atoms with Crippen LogP contribution in [-0.4, -0.2) is 26.2 Å². The number of fused-ring (bicyclic) bond motifs is 1. The van der Waals surface area contributed by atoms with E-state index in [9.17, 15) is 4.21 Å². The lowest BCUT2D eigenvalue weighted by atomic mass is 10.2. The van der Waals surface area contributed by atoms with Gasteiger partial charge in [0.2, 0.25) is 0 Å². The Balaban J connectivity index is 1.58. The highest BCUT2D eigenvalue weighted by Gasteiger charge is 2.10. The molecule has 0 saturated heterocycles. The van der Waals surface area contributed by atoms with Gasteiger partial charge < -0.3 is 10.6 Å². The van der Waals surface area contributed by atoms with Gasteiger partial charge in [0, 0.05) is 28.6 Å². The van der Waals surface area contributed by atoms with Gasteiger partial charge >= 0.3 is 0 Å². The van der Waals surface area contributed by atoms with Gasteiger partial charge in [-0.1, -0.05) is 6.07 Å². The third-order valence-corrected chi connectivity index (χ3v) is 7.60. The lowest BCUT2D eigenvalue weighted by Gasteiger charge is -2.13. The Bertz CT molecular complexity index is 1290. The third kappa shape index (κ3) is 4.35. The van der Waals surface area contributed by atoms with Gasteiger partial charge in [0.1, 0.15) is 26.6 Å². The number of aromatic nitrogens is 3. The molecule has 2 aromatic carbocycles. The Morgan fingerprint density at radius 2 is 1.79 bits per heavy atom. The van der Waals surface area contributed by atoms with Crippen LogP contribution in [0.2, 0.25) is 0 Å². The van der Waals surface area contributed by atoms with Crippen molar-refractivity contribution >= 4 is 64.4 Å². The summed E-state index contributed by atoms with van der Waals surface area (Å²) in [5.74, 6) is 1.27. The molecule has 0 fully saturated rings. The van der Waals surface area contributed by atoms with Crippen molar-refractivity contribution in [1.29, 1.82) is 0 Å². The molecular formula is C19H18N6OS3. The van der Waals surface area contributed by atoms with Crippen LogP contribution >= 0.6 is 11.3 Å². The maximum absolute atomic E-state index is 12.4. The summed E-state index contributed by atoms with van der Waals surface area (Å²) in [7, 11) is -1.11. The van der Waals surface area contributed by atoms with Gasteiger partial charge in [0.05, 0.1) is 20.6 Å². The summed E-state index contributed by atoms with van der Waals surface area (Å²) in [5.41, 5.74) is 5.49. The van der Waals surface area contributed by atoms with Crippen LogP contribution in [0.15, 0.2) is 59.2 Å². The lowest BCUT2D eigenvalue weighted by Crippen LogP contribution is -2.17. The summed E-state index contributed by atoms with van der Waals surface area (Å²) in [6.45, 7) is 1.96. The molecule has 0 aliphatic heterocycles. The minimum atomic E-state index is -2.70. The van der Waals surface area contributed by atoms with Crippen LogP contribution in [0.4, 0.5) is 23.0 Å². The molecule has 0 spiro atoms. The van der Waals surface area contributed by atoms with E-state index < -0.39 is 8.68 Å². The maximum atomic E-state index is 12.4. The summed E-state index contributed by atoms with van der Waals surface area (Å²) in [6, 6.07) is 13.2. The van der Waals surface area contributed by atoms with Crippen molar-refractivity contribution in [2.24, 2.45) is 0 Å². The third-order valence-electron chi connectivity index (χ3n) is 4.32. The Morgan fingerprint density at radius 3 is 2.59 bits per heavy atom. The SMILES string of the molecule is CNS(=O)(=S)c1ccc(C)c(Nc2cc(Nc3ccc4ncsc4c3)ncn2)c1. The highest BCUT2D eigenvalue weighted by Crippen LogP contribution is 2.26. The van der Waals surface area contributed by atoms with Gasteiger partial charge in [0.15, 0.2) is 0 Å². The second-order valence-corrected chi connectivity index (χ2v) is 10.4. The molecule has 0 amide bonds. The van der Waals surface area contributed by atoms with Gasteiger partial charge in [-0.05, 0) is 49.9 Å². The molecule has 0 radical (unpaired) electrons. The molecule has 0 aliphatic carbocycles. The molecule has 2 heterocycles. The highest BCUT2D eigenvalue weighted by atomic mass is 32.8. The van der Waals surface area contributed by atoms with Crippen molar-refractivity contribution in [3.05, 3.63) is 59.9 Å². The quantitative estimate of drug-likeness (QED) is 0.414. The van der Waals surface area contributed by atoms with Gasteiger partial charge in [-0.25, -0.2) is 23.9 Å². The van der Waals surface area contributed by atoms with E-state index in [0.717, 1.165) is 27.2 Å². The van der Waals surface area contributed by atoms with Crippen molar-refractivity contribution in [1.82, 2.24) is 19.7 Å². The van der Waals surface area contributed by atoms with Crippen LogP contribution in [0.3, 0.4) is 0 Å². The van der Waals surface area contributed by atoms with E-state index in [1.165, 1.54) is 6.33 Å². The van der Waals surface area contributed by atoms with Crippen molar-refractivity contribution in [3.8, 4) is 0 Å². The molecule has 1 atom stereocenters. The Kier molecular flexibility index (Phi) is 5.41. The Hall–Kier alpha value is -2.66.